The quantitative estimate of drug-likeness (QED) is 0.685. The number of benzene rings is 2. The van der Waals surface area contributed by atoms with Gasteiger partial charge >= 0.3 is 5.97 Å². The molecule has 1 aliphatic heterocycles. The van der Waals surface area contributed by atoms with E-state index in [2.05, 4.69) is 59.6 Å². The summed E-state index contributed by atoms with van der Waals surface area (Å²) in [6, 6.07) is 21.0. The van der Waals surface area contributed by atoms with Crippen molar-refractivity contribution in [1.29, 1.82) is 0 Å². The summed E-state index contributed by atoms with van der Waals surface area (Å²) in [6.45, 7) is 4.19. The van der Waals surface area contributed by atoms with Crippen LogP contribution in [0.15, 0.2) is 72.4 Å². The second kappa shape index (κ2) is 9.23. The number of carbonyl (C=O) groups is 1. The van der Waals surface area contributed by atoms with Gasteiger partial charge in [0, 0.05) is 13.1 Å². The van der Waals surface area contributed by atoms with E-state index in [4.69, 9.17) is 4.74 Å². The van der Waals surface area contributed by atoms with E-state index in [0.717, 1.165) is 25.9 Å². The zero-order valence-electron chi connectivity index (χ0n) is 15.4. The van der Waals surface area contributed by atoms with Gasteiger partial charge in [0.25, 0.3) is 0 Å². The van der Waals surface area contributed by atoms with Gasteiger partial charge in [0.2, 0.25) is 0 Å². The normalized spacial score (nSPS) is 16.9. The molecule has 136 valence electrons. The van der Waals surface area contributed by atoms with Crippen LogP contribution < -0.4 is 0 Å². The Morgan fingerprint density at radius 2 is 1.69 bits per heavy atom. The van der Waals surface area contributed by atoms with Crippen LogP contribution in [0, 0.1) is 5.92 Å². The molecule has 2 aromatic rings. The van der Waals surface area contributed by atoms with Crippen molar-refractivity contribution >= 4 is 5.97 Å². The Labute approximate surface area is 156 Å². The fourth-order valence-corrected chi connectivity index (χ4v) is 3.53. The summed E-state index contributed by atoms with van der Waals surface area (Å²) in [5, 5.41) is 0. The number of hydrogen-bond donors (Lipinski definition) is 0. The summed E-state index contributed by atoms with van der Waals surface area (Å²) in [7, 11) is 0. The molecule has 1 aliphatic rings. The molecule has 0 N–H and O–H groups in total. The molecule has 1 atom stereocenters. The third-order valence-corrected chi connectivity index (χ3v) is 4.84. The van der Waals surface area contributed by atoms with Crippen LogP contribution in [0.5, 0.6) is 0 Å². The van der Waals surface area contributed by atoms with Crippen LogP contribution in [0.4, 0.5) is 0 Å². The summed E-state index contributed by atoms with van der Waals surface area (Å²) in [4.78, 5) is 14.4. The number of esters is 1. The molecule has 0 aliphatic carbocycles. The molecule has 0 saturated heterocycles. The van der Waals surface area contributed by atoms with Crippen LogP contribution in [0.25, 0.3) is 0 Å². The molecular weight excluding hydrogens is 322 g/mol. The van der Waals surface area contributed by atoms with Gasteiger partial charge in [0.15, 0.2) is 0 Å². The van der Waals surface area contributed by atoms with Crippen molar-refractivity contribution in [3.05, 3.63) is 83.6 Å². The van der Waals surface area contributed by atoms with Gasteiger partial charge in [0.1, 0.15) is 0 Å². The van der Waals surface area contributed by atoms with E-state index in [9.17, 15) is 4.79 Å². The topological polar surface area (TPSA) is 29.5 Å². The van der Waals surface area contributed by atoms with Gasteiger partial charge < -0.3 is 9.64 Å². The fourth-order valence-electron chi connectivity index (χ4n) is 3.53. The number of ether oxygens (including phenoxy) is 1. The molecule has 0 aromatic heterocycles. The van der Waals surface area contributed by atoms with E-state index in [0.29, 0.717) is 13.0 Å². The molecule has 2 aromatic carbocycles. The summed E-state index contributed by atoms with van der Waals surface area (Å²) >= 11 is 0. The van der Waals surface area contributed by atoms with Crippen LogP contribution in [0.1, 0.15) is 30.9 Å². The molecule has 3 heteroatoms. The zero-order valence-corrected chi connectivity index (χ0v) is 15.4. The van der Waals surface area contributed by atoms with Crippen molar-refractivity contribution in [2.45, 2.75) is 32.7 Å². The average Bonchev–Trinajstić information content (AvgIpc) is 2.66. The van der Waals surface area contributed by atoms with Crippen molar-refractivity contribution in [1.82, 2.24) is 4.90 Å². The number of nitrogens with zero attached hydrogens (tertiary/aromatic N) is 1. The maximum Gasteiger partial charge on any atom is 0.306 e. The predicted molar refractivity (Wildman–Crippen MR) is 104 cm³/mol. The minimum absolute atomic E-state index is 0.0898. The van der Waals surface area contributed by atoms with Crippen LogP contribution in [0.2, 0.25) is 0 Å². The molecule has 1 heterocycles. The van der Waals surface area contributed by atoms with Crippen LogP contribution in [-0.2, 0) is 22.5 Å². The largest absolute Gasteiger partial charge is 0.466 e. The van der Waals surface area contributed by atoms with Gasteiger partial charge in [-0.05, 0) is 48.6 Å². The first kappa shape index (κ1) is 18.2. The molecule has 26 heavy (non-hydrogen) atoms. The van der Waals surface area contributed by atoms with E-state index in [1.165, 1.54) is 16.7 Å². The average molecular weight is 349 g/mol. The molecule has 0 radical (unpaired) electrons. The lowest BCUT2D eigenvalue weighted by molar-refractivity contribution is -0.144. The minimum Gasteiger partial charge on any atom is -0.466 e. The lowest BCUT2D eigenvalue weighted by Gasteiger charge is -2.32. The first-order valence-corrected chi connectivity index (χ1v) is 9.42. The summed E-state index contributed by atoms with van der Waals surface area (Å²) in [5.41, 5.74) is 3.92. The highest BCUT2D eigenvalue weighted by atomic mass is 16.5. The Balaban J connectivity index is 1.75. The number of carbonyl (C=O) groups excluding carboxylic acids is 1. The molecule has 0 amide bonds. The Bertz CT molecular complexity index is 724. The Morgan fingerprint density at radius 3 is 2.35 bits per heavy atom. The molecule has 0 saturated carbocycles. The Hall–Kier alpha value is -2.55. The maximum atomic E-state index is 12.0. The minimum atomic E-state index is -0.0898. The molecule has 0 spiro atoms. The molecule has 0 fully saturated rings. The number of hydrogen-bond acceptors (Lipinski definition) is 3. The highest BCUT2D eigenvalue weighted by Gasteiger charge is 2.24. The maximum absolute atomic E-state index is 12.0. The van der Waals surface area contributed by atoms with Gasteiger partial charge in [-0.25, -0.2) is 0 Å². The van der Waals surface area contributed by atoms with E-state index in [1.807, 2.05) is 19.1 Å². The van der Waals surface area contributed by atoms with E-state index in [1.54, 1.807) is 0 Å². The first-order valence-electron chi connectivity index (χ1n) is 9.42. The summed E-state index contributed by atoms with van der Waals surface area (Å²) in [5.74, 6) is 0.175. The van der Waals surface area contributed by atoms with Crippen molar-refractivity contribution in [3.63, 3.8) is 0 Å². The number of rotatable bonds is 7. The van der Waals surface area contributed by atoms with Gasteiger partial charge in [-0.2, -0.15) is 0 Å². The van der Waals surface area contributed by atoms with Gasteiger partial charge in [0.05, 0.1) is 13.0 Å². The predicted octanol–water partition coefficient (Wildman–Crippen LogP) is 4.59. The molecule has 3 nitrogen and oxygen atoms in total. The third kappa shape index (κ3) is 5.22. The third-order valence-electron chi connectivity index (χ3n) is 4.84. The Kier molecular flexibility index (Phi) is 6.48. The molecule has 1 unspecified atom stereocenters. The second-order valence-electron chi connectivity index (χ2n) is 6.82. The van der Waals surface area contributed by atoms with Crippen molar-refractivity contribution in [2.75, 3.05) is 13.2 Å². The lowest BCUT2D eigenvalue weighted by atomic mass is 9.86. The van der Waals surface area contributed by atoms with E-state index < -0.39 is 0 Å². The highest BCUT2D eigenvalue weighted by Crippen LogP contribution is 2.29. The van der Waals surface area contributed by atoms with Crippen molar-refractivity contribution < 1.29 is 9.53 Å². The standard InChI is InChI=1S/C23H27NO2/c1-2-26-23(25)16-21-13-14-24(17-20-11-7-4-8-12-20)18-22(21)15-19-9-5-3-6-10-19/h3-12,18,21H,2,13-17H2,1H3. The van der Waals surface area contributed by atoms with Gasteiger partial charge in [-0.15, -0.1) is 0 Å². The first-order chi connectivity index (χ1) is 12.7. The van der Waals surface area contributed by atoms with Gasteiger partial charge in [-0.3, -0.25) is 4.79 Å². The number of allylic oxidation sites excluding steroid dienone is 1. The highest BCUT2D eigenvalue weighted by molar-refractivity contribution is 5.70. The van der Waals surface area contributed by atoms with Crippen LogP contribution in [-0.4, -0.2) is 24.0 Å². The van der Waals surface area contributed by atoms with Crippen molar-refractivity contribution in [3.8, 4) is 0 Å². The molecule has 3 rings (SSSR count). The fraction of sp³-hybridized carbons (Fsp3) is 0.348. The lowest BCUT2D eigenvalue weighted by Crippen LogP contribution is -2.29. The van der Waals surface area contributed by atoms with E-state index in [-0.39, 0.29) is 11.9 Å². The Morgan fingerprint density at radius 1 is 1.04 bits per heavy atom. The monoisotopic (exact) mass is 349 g/mol. The van der Waals surface area contributed by atoms with Gasteiger partial charge in [-0.1, -0.05) is 60.7 Å². The smallest absolute Gasteiger partial charge is 0.306 e. The van der Waals surface area contributed by atoms with Crippen LogP contribution in [0.3, 0.4) is 0 Å². The summed E-state index contributed by atoms with van der Waals surface area (Å²) in [6.07, 6.45) is 4.62. The van der Waals surface area contributed by atoms with Crippen molar-refractivity contribution in [2.24, 2.45) is 5.92 Å². The van der Waals surface area contributed by atoms with E-state index >= 15 is 0 Å². The molecule has 0 bridgehead atoms. The molecular formula is C23H27NO2. The van der Waals surface area contributed by atoms with Crippen LogP contribution >= 0.6 is 0 Å². The second-order valence-corrected chi connectivity index (χ2v) is 6.82. The SMILES string of the molecule is CCOC(=O)CC1CCN(Cc2ccccc2)C=C1Cc1ccccc1. The summed E-state index contributed by atoms with van der Waals surface area (Å²) < 4.78 is 5.19. The zero-order chi connectivity index (χ0) is 18.2.